The smallest absolute Gasteiger partial charge is 0.331 e. The van der Waals surface area contributed by atoms with Crippen molar-refractivity contribution in [3.8, 4) is 17.0 Å². The number of carboxylic acids is 1. The number of amides is 2. The lowest BCUT2D eigenvalue weighted by molar-refractivity contribution is -0.132. The highest BCUT2D eigenvalue weighted by Gasteiger charge is 2.15. The van der Waals surface area contributed by atoms with Gasteiger partial charge in [0.2, 0.25) is 0 Å². The number of hydrogen-bond donors (Lipinski definition) is 2. The molecule has 1 heterocycles. The molecule has 0 spiro atoms. The van der Waals surface area contributed by atoms with Crippen LogP contribution in [0, 0.1) is 0 Å². The van der Waals surface area contributed by atoms with Gasteiger partial charge in [-0.15, -0.1) is 0 Å². The number of carbonyl (C=O) groups is 2. The van der Waals surface area contributed by atoms with Crippen molar-refractivity contribution in [3.63, 3.8) is 0 Å². The number of anilines is 1. The van der Waals surface area contributed by atoms with E-state index < -0.39 is 5.97 Å². The van der Waals surface area contributed by atoms with Crippen LogP contribution in [-0.4, -0.2) is 42.3 Å². The first-order valence-corrected chi connectivity index (χ1v) is 11.5. The topological polar surface area (TPSA) is 91.8 Å². The number of nitrogens with one attached hydrogen (secondary N) is 1. The number of carboxylic acid groups (broad SMARTS) is 1. The molecule has 2 rings (SSSR count). The average molecular weight is 454 g/mol. The first-order chi connectivity index (χ1) is 15.9. The second-order valence-corrected chi connectivity index (χ2v) is 7.97. The standard InChI is InChI=1S/C26H35N3O4/c1-5-7-9-15-27-26(32)29(4)24-12-10-11-22(28-24)21-14-13-20(17-19(3)25(30)31)18-23(21)33-16-8-6-2/h10-14,17-18H,5-9,15-16H2,1-4H3,(H,27,32)(H,30,31)/b19-17+. The number of nitrogens with zero attached hydrogens (tertiary/aromatic N) is 2. The molecular formula is C26H35N3O4. The van der Waals surface area contributed by atoms with Crippen molar-refractivity contribution < 1.29 is 19.4 Å². The van der Waals surface area contributed by atoms with E-state index in [1.54, 1.807) is 26.1 Å². The lowest BCUT2D eigenvalue weighted by atomic mass is 10.0. The Bertz CT molecular complexity index is 972. The van der Waals surface area contributed by atoms with Crippen LogP contribution in [0.5, 0.6) is 5.75 Å². The number of carbonyl (C=O) groups excluding carboxylic acids is 1. The van der Waals surface area contributed by atoms with Crippen molar-refractivity contribution in [2.45, 2.75) is 52.9 Å². The second kappa shape index (κ2) is 13.3. The average Bonchev–Trinajstić information content (AvgIpc) is 2.81. The highest BCUT2D eigenvalue weighted by atomic mass is 16.5. The van der Waals surface area contributed by atoms with Gasteiger partial charge in [-0.25, -0.2) is 14.6 Å². The Morgan fingerprint density at radius 2 is 1.88 bits per heavy atom. The van der Waals surface area contributed by atoms with Crippen LogP contribution < -0.4 is 15.0 Å². The summed E-state index contributed by atoms with van der Waals surface area (Å²) in [6.45, 7) is 6.96. The Balaban J connectivity index is 2.31. The van der Waals surface area contributed by atoms with E-state index in [1.807, 2.05) is 30.3 Å². The minimum Gasteiger partial charge on any atom is -0.493 e. The summed E-state index contributed by atoms with van der Waals surface area (Å²) in [6, 6.07) is 10.9. The fraction of sp³-hybridized carbons (Fsp3) is 0.423. The minimum atomic E-state index is -0.960. The van der Waals surface area contributed by atoms with E-state index in [1.165, 1.54) is 4.90 Å². The first kappa shape index (κ1) is 25.9. The van der Waals surface area contributed by atoms with Gasteiger partial charge in [-0.05, 0) is 55.7 Å². The second-order valence-electron chi connectivity index (χ2n) is 7.97. The van der Waals surface area contributed by atoms with Crippen LogP contribution in [0.2, 0.25) is 0 Å². The molecule has 1 aromatic carbocycles. The molecule has 0 radical (unpaired) electrons. The van der Waals surface area contributed by atoms with Crippen molar-refractivity contribution in [1.29, 1.82) is 0 Å². The quantitative estimate of drug-likeness (QED) is 0.315. The molecule has 2 aromatic rings. The van der Waals surface area contributed by atoms with Crippen molar-refractivity contribution >= 4 is 23.9 Å². The summed E-state index contributed by atoms with van der Waals surface area (Å²) in [5.41, 5.74) is 2.45. The number of benzene rings is 1. The normalized spacial score (nSPS) is 11.2. The number of pyridine rings is 1. The van der Waals surface area contributed by atoms with Gasteiger partial charge >= 0.3 is 12.0 Å². The van der Waals surface area contributed by atoms with Crippen molar-refractivity contribution in [2.75, 3.05) is 25.1 Å². The van der Waals surface area contributed by atoms with Gasteiger partial charge in [0.1, 0.15) is 11.6 Å². The van der Waals surface area contributed by atoms with Gasteiger partial charge in [0.15, 0.2) is 0 Å². The summed E-state index contributed by atoms with van der Waals surface area (Å²) in [5.74, 6) is 0.204. The van der Waals surface area contributed by atoms with Crippen molar-refractivity contribution in [1.82, 2.24) is 10.3 Å². The summed E-state index contributed by atoms with van der Waals surface area (Å²) >= 11 is 0. The number of urea groups is 1. The summed E-state index contributed by atoms with van der Waals surface area (Å²) in [7, 11) is 1.70. The molecule has 33 heavy (non-hydrogen) atoms. The molecule has 7 nitrogen and oxygen atoms in total. The minimum absolute atomic E-state index is 0.195. The highest BCUT2D eigenvalue weighted by Crippen LogP contribution is 2.32. The summed E-state index contributed by atoms with van der Waals surface area (Å²) in [6.07, 6.45) is 6.64. The molecule has 0 atom stereocenters. The lowest BCUT2D eigenvalue weighted by Gasteiger charge is -2.18. The molecule has 0 bridgehead atoms. The zero-order chi connectivity index (χ0) is 24.2. The van der Waals surface area contributed by atoms with E-state index in [4.69, 9.17) is 9.72 Å². The molecule has 0 saturated heterocycles. The van der Waals surface area contributed by atoms with E-state index >= 15 is 0 Å². The zero-order valence-corrected chi connectivity index (χ0v) is 20.1. The SMILES string of the molecule is CCCCCNC(=O)N(C)c1cccc(-c2ccc(/C=C(\C)C(=O)O)cc2OCCCC)n1. The summed E-state index contributed by atoms with van der Waals surface area (Å²) in [4.78, 5) is 29.9. The molecule has 0 fully saturated rings. The Morgan fingerprint density at radius 3 is 2.58 bits per heavy atom. The van der Waals surface area contributed by atoms with Gasteiger partial charge in [0, 0.05) is 24.7 Å². The molecule has 0 aliphatic carbocycles. The Morgan fingerprint density at radius 1 is 1.12 bits per heavy atom. The zero-order valence-electron chi connectivity index (χ0n) is 20.1. The van der Waals surface area contributed by atoms with Crippen LogP contribution in [0.15, 0.2) is 42.0 Å². The van der Waals surface area contributed by atoms with Crippen LogP contribution in [-0.2, 0) is 4.79 Å². The van der Waals surface area contributed by atoms with Gasteiger partial charge in [-0.3, -0.25) is 4.90 Å². The number of aromatic nitrogens is 1. The number of unbranched alkanes of at least 4 members (excludes halogenated alkanes) is 3. The number of aliphatic carboxylic acids is 1. The van der Waals surface area contributed by atoms with Crippen molar-refractivity contribution in [3.05, 3.63) is 47.5 Å². The lowest BCUT2D eigenvalue weighted by Crippen LogP contribution is -2.38. The predicted molar refractivity (Wildman–Crippen MR) is 133 cm³/mol. The number of rotatable bonds is 12. The number of hydrogen-bond acceptors (Lipinski definition) is 4. The van der Waals surface area contributed by atoms with Crippen LogP contribution in [0.4, 0.5) is 10.6 Å². The molecule has 2 amide bonds. The predicted octanol–water partition coefficient (Wildman–Crippen LogP) is 5.75. The Labute approximate surface area is 196 Å². The van der Waals surface area contributed by atoms with Crippen LogP contribution in [0.1, 0.15) is 58.4 Å². The van der Waals surface area contributed by atoms with Gasteiger partial charge in [-0.2, -0.15) is 0 Å². The number of ether oxygens (including phenoxy) is 1. The maximum Gasteiger partial charge on any atom is 0.331 e. The monoisotopic (exact) mass is 453 g/mol. The Kier molecular flexibility index (Phi) is 10.4. The molecule has 2 N–H and O–H groups in total. The molecule has 0 aliphatic rings. The third-order valence-electron chi connectivity index (χ3n) is 5.20. The maximum absolute atomic E-state index is 12.5. The highest BCUT2D eigenvalue weighted by molar-refractivity contribution is 5.92. The van der Waals surface area contributed by atoms with Crippen LogP contribution in [0.25, 0.3) is 17.3 Å². The molecule has 178 valence electrons. The molecule has 0 aliphatic heterocycles. The third-order valence-corrected chi connectivity index (χ3v) is 5.20. The molecule has 0 saturated carbocycles. The summed E-state index contributed by atoms with van der Waals surface area (Å²) < 4.78 is 6.03. The Hall–Kier alpha value is -3.35. The van der Waals surface area contributed by atoms with E-state index in [2.05, 4.69) is 19.2 Å². The molecule has 1 aromatic heterocycles. The van der Waals surface area contributed by atoms with Crippen LogP contribution in [0.3, 0.4) is 0 Å². The van der Waals surface area contributed by atoms with Gasteiger partial charge in [-0.1, -0.05) is 45.2 Å². The summed E-state index contributed by atoms with van der Waals surface area (Å²) in [5, 5.41) is 12.1. The molecular weight excluding hydrogens is 418 g/mol. The molecule has 0 unspecified atom stereocenters. The third kappa shape index (κ3) is 7.93. The van der Waals surface area contributed by atoms with Gasteiger partial charge in [0.25, 0.3) is 0 Å². The fourth-order valence-corrected chi connectivity index (χ4v) is 3.15. The van der Waals surface area contributed by atoms with E-state index in [9.17, 15) is 14.7 Å². The maximum atomic E-state index is 12.5. The first-order valence-electron chi connectivity index (χ1n) is 11.5. The van der Waals surface area contributed by atoms with E-state index in [-0.39, 0.29) is 11.6 Å². The largest absolute Gasteiger partial charge is 0.493 e. The van der Waals surface area contributed by atoms with Gasteiger partial charge in [0.05, 0.1) is 12.3 Å². The fourth-order valence-electron chi connectivity index (χ4n) is 3.15. The van der Waals surface area contributed by atoms with E-state index in [0.29, 0.717) is 30.4 Å². The van der Waals surface area contributed by atoms with E-state index in [0.717, 1.165) is 43.2 Å². The van der Waals surface area contributed by atoms with Crippen molar-refractivity contribution in [2.24, 2.45) is 0 Å². The molecule has 7 heteroatoms. The van der Waals surface area contributed by atoms with Gasteiger partial charge < -0.3 is 15.2 Å². The van der Waals surface area contributed by atoms with Crippen LogP contribution >= 0.6 is 0 Å².